The molecule has 0 atom stereocenters. The van der Waals surface area contributed by atoms with Gasteiger partial charge in [0.05, 0.1) is 0 Å². The molecule has 1 rings (SSSR count). The van der Waals surface area contributed by atoms with Gasteiger partial charge in [0.2, 0.25) is 0 Å². The Hall–Kier alpha value is -1.53. The molecule has 0 aliphatic carbocycles. The number of aromatic nitrogens is 2. The summed E-state index contributed by atoms with van der Waals surface area (Å²) < 4.78 is 36.2. The first-order valence-corrected chi connectivity index (χ1v) is 6.75. The zero-order valence-electron chi connectivity index (χ0n) is 12.0. The van der Waals surface area contributed by atoms with Gasteiger partial charge in [0.15, 0.2) is 0 Å². The Morgan fingerprint density at radius 2 is 1.75 bits per heavy atom. The average molecular weight is 290 g/mol. The number of anilines is 2. The van der Waals surface area contributed by atoms with Crippen LogP contribution in [0, 0.1) is 0 Å². The molecule has 0 spiro atoms. The molecule has 0 amide bonds. The fourth-order valence-electron chi connectivity index (χ4n) is 1.59. The summed E-state index contributed by atoms with van der Waals surface area (Å²) in [6.45, 7) is 6.85. The quantitative estimate of drug-likeness (QED) is 0.750. The summed E-state index contributed by atoms with van der Waals surface area (Å²) in [6, 6.07) is 1.71. The maximum atomic E-state index is 12.1. The van der Waals surface area contributed by atoms with Crippen molar-refractivity contribution >= 4 is 11.6 Å². The van der Waals surface area contributed by atoms with Crippen LogP contribution in [-0.4, -0.2) is 29.2 Å². The molecule has 0 unspecified atom stereocenters. The summed E-state index contributed by atoms with van der Waals surface area (Å²) in [5.41, 5.74) is 0. The maximum absolute atomic E-state index is 12.1. The van der Waals surface area contributed by atoms with Gasteiger partial charge < -0.3 is 10.6 Å². The monoisotopic (exact) mass is 290 g/mol. The van der Waals surface area contributed by atoms with Gasteiger partial charge in [-0.3, -0.25) is 0 Å². The SMILES string of the molecule is CCNc1cc(NCCCC(F)(F)F)nc(C(C)C)n1. The number of alkyl halides is 3. The second-order valence-electron chi connectivity index (χ2n) is 4.83. The van der Waals surface area contributed by atoms with E-state index in [0.717, 1.165) is 6.54 Å². The van der Waals surface area contributed by atoms with Crippen molar-refractivity contribution in [1.82, 2.24) is 9.97 Å². The van der Waals surface area contributed by atoms with E-state index < -0.39 is 12.6 Å². The zero-order valence-corrected chi connectivity index (χ0v) is 12.0. The molecule has 2 N–H and O–H groups in total. The van der Waals surface area contributed by atoms with E-state index in [1.165, 1.54) is 0 Å². The molecule has 7 heteroatoms. The third-order valence-electron chi connectivity index (χ3n) is 2.56. The molecular formula is C13H21F3N4. The molecule has 0 fully saturated rings. The Kier molecular flexibility index (Phi) is 6.04. The van der Waals surface area contributed by atoms with Crippen LogP contribution in [0.4, 0.5) is 24.8 Å². The fourth-order valence-corrected chi connectivity index (χ4v) is 1.59. The van der Waals surface area contributed by atoms with Crippen molar-refractivity contribution in [2.75, 3.05) is 23.7 Å². The largest absolute Gasteiger partial charge is 0.389 e. The van der Waals surface area contributed by atoms with Crippen LogP contribution in [0.1, 0.15) is 45.4 Å². The van der Waals surface area contributed by atoms with Gasteiger partial charge in [-0.1, -0.05) is 13.8 Å². The molecule has 0 saturated carbocycles. The van der Waals surface area contributed by atoms with Crippen LogP contribution in [-0.2, 0) is 0 Å². The Balaban J connectivity index is 2.64. The molecule has 1 aromatic heterocycles. The number of nitrogens with one attached hydrogen (secondary N) is 2. The first-order chi connectivity index (χ1) is 9.31. The number of rotatable bonds is 7. The number of halogens is 3. The van der Waals surface area contributed by atoms with Gasteiger partial charge in [-0.15, -0.1) is 0 Å². The highest BCUT2D eigenvalue weighted by atomic mass is 19.4. The second kappa shape index (κ2) is 7.31. The molecule has 0 bridgehead atoms. The molecular weight excluding hydrogens is 269 g/mol. The first kappa shape index (κ1) is 16.5. The molecule has 4 nitrogen and oxygen atoms in total. The van der Waals surface area contributed by atoms with Crippen LogP contribution in [0.15, 0.2) is 6.07 Å². The summed E-state index contributed by atoms with van der Waals surface area (Å²) in [6.07, 6.45) is -4.87. The van der Waals surface area contributed by atoms with Gasteiger partial charge in [-0.2, -0.15) is 13.2 Å². The smallest absolute Gasteiger partial charge is 0.370 e. The molecule has 0 radical (unpaired) electrons. The third-order valence-corrected chi connectivity index (χ3v) is 2.56. The van der Waals surface area contributed by atoms with Gasteiger partial charge >= 0.3 is 6.18 Å². The fraction of sp³-hybridized carbons (Fsp3) is 0.692. The van der Waals surface area contributed by atoms with E-state index >= 15 is 0 Å². The maximum Gasteiger partial charge on any atom is 0.389 e. The van der Waals surface area contributed by atoms with Crippen molar-refractivity contribution in [2.45, 2.75) is 45.7 Å². The minimum absolute atomic E-state index is 0.0288. The Bertz CT molecular complexity index is 419. The van der Waals surface area contributed by atoms with Gasteiger partial charge in [0.1, 0.15) is 17.5 Å². The van der Waals surface area contributed by atoms with E-state index in [2.05, 4.69) is 20.6 Å². The van der Waals surface area contributed by atoms with E-state index in [9.17, 15) is 13.2 Å². The normalized spacial score (nSPS) is 11.8. The van der Waals surface area contributed by atoms with E-state index in [4.69, 9.17) is 0 Å². The lowest BCUT2D eigenvalue weighted by atomic mass is 10.2. The predicted molar refractivity (Wildman–Crippen MR) is 74.1 cm³/mol. The van der Waals surface area contributed by atoms with E-state index in [0.29, 0.717) is 17.5 Å². The zero-order chi connectivity index (χ0) is 15.2. The van der Waals surface area contributed by atoms with E-state index in [1.54, 1.807) is 6.07 Å². The van der Waals surface area contributed by atoms with Crippen molar-refractivity contribution in [3.63, 3.8) is 0 Å². The summed E-state index contributed by atoms with van der Waals surface area (Å²) in [7, 11) is 0. The van der Waals surface area contributed by atoms with Crippen molar-refractivity contribution in [3.8, 4) is 0 Å². The molecule has 20 heavy (non-hydrogen) atoms. The van der Waals surface area contributed by atoms with Crippen molar-refractivity contribution in [3.05, 3.63) is 11.9 Å². The van der Waals surface area contributed by atoms with Crippen LogP contribution >= 0.6 is 0 Å². The third kappa shape index (κ3) is 6.08. The minimum Gasteiger partial charge on any atom is -0.370 e. The standard InChI is InChI=1S/C13H21F3N4/c1-4-17-10-8-11(20-12(19-10)9(2)3)18-7-5-6-13(14,15)16/h8-9H,4-7H2,1-3H3,(H2,17,18,19,20). The molecule has 1 heterocycles. The van der Waals surface area contributed by atoms with Gasteiger partial charge in [-0.05, 0) is 13.3 Å². The summed E-state index contributed by atoms with van der Waals surface area (Å²) >= 11 is 0. The first-order valence-electron chi connectivity index (χ1n) is 6.75. The summed E-state index contributed by atoms with van der Waals surface area (Å²) in [5.74, 6) is 2.07. The van der Waals surface area contributed by atoms with Crippen LogP contribution < -0.4 is 10.6 Å². The molecule has 114 valence electrons. The summed E-state index contributed by atoms with van der Waals surface area (Å²) in [4.78, 5) is 8.65. The number of hydrogen-bond donors (Lipinski definition) is 2. The van der Waals surface area contributed by atoms with Gasteiger partial charge in [0.25, 0.3) is 0 Å². The number of hydrogen-bond acceptors (Lipinski definition) is 4. The lowest BCUT2D eigenvalue weighted by molar-refractivity contribution is -0.134. The van der Waals surface area contributed by atoms with Crippen LogP contribution in [0.3, 0.4) is 0 Å². The highest BCUT2D eigenvalue weighted by Gasteiger charge is 2.25. The Morgan fingerprint density at radius 3 is 2.25 bits per heavy atom. The topological polar surface area (TPSA) is 49.8 Å². The summed E-state index contributed by atoms with van der Waals surface area (Å²) in [5, 5.41) is 6.01. The number of nitrogens with zero attached hydrogens (tertiary/aromatic N) is 2. The van der Waals surface area contributed by atoms with Crippen molar-refractivity contribution in [1.29, 1.82) is 0 Å². The molecule has 0 saturated heterocycles. The molecule has 0 aliphatic rings. The van der Waals surface area contributed by atoms with E-state index in [1.807, 2.05) is 20.8 Å². The second-order valence-corrected chi connectivity index (χ2v) is 4.83. The van der Waals surface area contributed by atoms with Crippen LogP contribution in [0.2, 0.25) is 0 Å². The predicted octanol–water partition coefficient (Wildman–Crippen LogP) is 3.79. The van der Waals surface area contributed by atoms with Gasteiger partial charge in [0, 0.05) is 31.5 Å². The molecule has 0 aliphatic heterocycles. The van der Waals surface area contributed by atoms with Crippen LogP contribution in [0.25, 0.3) is 0 Å². The van der Waals surface area contributed by atoms with E-state index in [-0.39, 0.29) is 18.9 Å². The lowest BCUT2D eigenvalue weighted by Crippen LogP contribution is -2.13. The minimum atomic E-state index is -4.11. The molecule has 1 aromatic rings. The van der Waals surface area contributed by atoms with Crippen LogP contribution in [0.5, 0.6) is 0 Å². The average Bonchev–Trinajstić information content (AvgIpc) is 2.33. The molecule has 0 aromatic carbocycles. The Labute approximate surface area is 117 Å². The van der Waals surface area contributed by atoms with Crippen molar-refractivity contribution in [2.24, 2.45) is 0 Å². The lowest BCUT2D eigenvalue weighted by Gasteiger charge is -2.12. The van der Waals surface area contributed by atoms with Crippen molar-refractivity contribution < 1.29 is 13.2 Å². The van der Waals surface area contributed by atoms with Gasteiger partial charge in [-0.25, -0.2) is 9.97 Å². The Morgan fingerprint density at radius 1 is 1.15 bits per heavy atom. The highest BCUT2D eigenvalue weighted by molar-refractivity contribution is 5.47. The highest BCUT2D eigenvalue weighted by Crippen LogP contribution is 2.21.